The number of dihydropyridines is 1. The van der Waals surface area contributed by atoms with E-state index in [-0.39, 0.29) is 0 Å². The van der Waals surface area contributed by atoms with Crippen LogP contribution in [0.15, 0.2) is 23.9 Å². The molecule has 50 valence electrons. The molecule has 0 radical (unpaired) electrons. The van der Waals surface area contributed by atoms with Gasteiger partial charge in [-0.05, 0) is 30.3 Å². The molecule has 0 amide bonds. The molecule has 1 nitrogen and oxygen atoms in total. The van der Waals surface area contributed by atoms with Gasteiger partial charge in [-0.25, -0.2) is 4.39 Å². The standard InChI is InChI=1S/C7H10FN/c1-2-6-3-4-9-7(8)5-6/h3-5,7,9H,2H2,1H3. The van der Waals surface area contributed by atoms with Crippen LogP contribution in [-0.2, 0) is 0 Å². The molecule has 9 heavy (non-hydrogen) atoms. The van der Waals surface area contributed by atoms with Crippen molar-refractivity contribution < 1.29 is 4.39 Å². The van der Waals surface area contributed by atoms with E-state index < -0.39 is 6.30 Å². The van der Waals surface area contributed by atoms with Crippen LogP contribution in [0.5, 0.6) is 0 Å². The molecule has 0 saturated carbocycles. The molecular weight excluding hydrogens is 117 g/mol. The van der Waals surface area contributed by atoms with Crippen molar-refractivity contribution in [3.8, 4) is 0 Å². The molecule has 2 heteroatoms. The summed E-state index contributed by atoms with van der Waals surface area (Å²) in [5.41, 5.74) is 1.06. The van der Waals surface area contributed by atoms with Crippen LogP contribution in [0.1, 0.15) is 13.3 Å². The van der Waals surface area contributed by atoms with Gasteiger partial charge in [-0.15, -0.1) is 0 Å². The molecule has 1 rings (SSSR count). The summed E-state index contributed by atoms with van der Waals surface area (Å²) in [7, 11) is 0. The summed E-state index contributed by atoms with van der Waals surface area (Å²) in [4.78, 5) is 0. The van der Waals surface area contributed by atoms with Crippen molar-refractivity contribution in [2.45, 2.75) is 19.6 Å². The fourth-order valence-electron chi connectivity index (χ4n) is 0.774. The quantitative estimate of drug-likeness (QED) is 0.529. The number of alkyl halides is 1. The lowest BCUT2D eigenvalue weighted by atomic mass is 10.1. The van der Waals surface area contributed by atoms with Crippen molar-refractivity contribution >= 4 is 0 Å². The van der Waals surface area contributed by atoms with Crippen LogP contribution in [0, 0.1) is 0 Å². The highest BCUT2D eigenvalue weighted by atomic mass is 19.1. The van der Waals surface area contributed by atoms with Crippen molar-refractivity contribution in [2.24, 2.45) is 0 Å². The maximum absolute atomic E-state index is 12.4. The first kappa shape index (κ1) is 6.33. The second kappa shape index (κ2) is 2.67. The molecule has 0 aromatic rings. The van der Waals surface area contributed by atoms with Crippen molar-refractivity contribution in [3.05, 3.63) is 23.9 Å². The summed E-state index contributed by atoms with van der Waals surface area (Å²) in [5, 5.41) is 2.52. The van der Waals surface area contributed by atoms with Crippen molar-refractivity contribution in [3.63, 3.8) is 0 Å². The third kappa shape index (κ3) is 1.56. The average Bonchev–Trinajstić information content (AvgIpc) is 1.88. The van der Waals surface area contributed by atoms with Crippen LogP contribution in [0.25, 0.3) is 0 Å². The summed E-state index contributed by atoms with van der Waals surface area (Å²) in [6, 6.07) is 0. The van der Waals surface area contributed by atoms with Crippen LogP contribution >= 0.6 is 0 Å². The minimum atomic E-state index is -0.982. The molecule has 1 aliphatic heterocycles. The first-order valence-corrected chi connectivity index (χ1v) is 3.10. The fourth-order valence-corrected chi connectivity index (χ4v) is 0.774. The van der Waals surface area contributed by atoms with E-state index in [9.17, 15) is 4.39 Å². The lowest BCUT2D eigenvalue weighted by Gasteiger charge is -2.09. The Morgan fingerprint density at radius 1 is 1.78 bits per heavy atom. The monoisotopic (exact) mass is 127 g/mol. The summed E-state index contributed by atoms with van der Waals surface area (Å²) >= 11 is 0. The first-order chi connectivity index (χ1) is 4.33. The minimum absolute atomic E-state index is 0.901. The van der Waals surface area contributed by atoms with Crippen LogP contribution in [0.3, 0.4) is 0 Å². The van der Waals surface area contributed by atoms with E-state index in [0.29, 0.717) is 0 Å². The summed E-state index contributed by atoms with van der Waals surface area (Å²) in [6.45, 7) is 2.01. The number of hydrogen-bond acceptors (Lipinski definition) is 1. The Hall–Kier alpha value is -0.790. The predicted molar refractivity (Wildman–Crippen MR) is 35.5 cm³/mol. The van der Waals surface area contributed by atoms with Crippen molar-refractivity contribution in [1.29, 1.82) is 0 Å². The zero-order valence-corrected chi connectivity index (χ0v) is 5.39. The van der Waals surface area contributed by atoms with Gasteiger partial charge in [-0.2, -0.15) is 0 Å². The van der Waals surface area contributed by atoms with Crippen LogP contribution < -0.4 is 5.32 Å². The molecule has 1 heterocycles. The third-order valence-electron chi connectivity index (χ3n) is 1.32. The second-order valence-corrected chi connectivity index (χ2v) is 2.00. The zero-order valence-electron chi connectivity index (χ0n) is 5.39. The van der Waals surface area contributed by atoms with Crippen LogP contribution in [-0.4, -0.2) is 6.30 Å². The summed E-state index contributed by atoms with van der Waals surface area (Å²) in [5.74, 6) is 0. The zero-order chi connectivity index (χ0) is 6.69. The second-order valence-electron chi connectivity index (χ2n) is 2.00. The minimum Gasteiger partial charge on any atom is -0.359 e. The summed E-state index contributed by atoms with van der Waals surface area (Å²) < 4.78 is 12.4. The molecular formula is C7H10FN. The largest absolute Gasteiger partial charge is 0.359 e. The number of hydrogen-bond donors (Lipinski definition) is 1. The number of allylic oxidation sites excluding steroid dienone is 2. The highest BCUT2D eigenvalue weighted by Crippen LogP contribution is 2.08. The smallest absolute Gasteiger partial charge is 0.189 e. The van der Waals surface area contributed by atoms with E-state index >= 15 is 0 Å². The molecule has 1 N–H and O–H groups in total. The Balaban J connectivity index is 2.59. The Morgan fingerprint density at radius 2 is 2.56 bits per heavy atom. The molecule has 0 fully saturated rings. The number of halogens is 1. The molecule has 1 unspecified atom stereocenters. The van der Waals surface area contributed by atoms with E-state index in [4.69, 9.17) is 0 Å². The summed E-state index contributed by atoms with van der Waals surface area (Å²) in [6.07, 6.45) is 5.03. The van der Waals surface area contributed by atoms with Gasteiger partial charge < -0.3 is 5.32 Å². The lowest BCUT2D eigenvalue weighted by Crippen LogP contribution is -2.19. The van der Waals surface area contributed by atoms with Gasteiger partial charge in [0.15, 0.2) is 6.30 Å². The van der Waals surface area contributed by atoms with E-state index in [0.717, 1.165) is 12.0 Å². The van der Waals surface area contributed by atoms with Crippen molar-refractivity contribution in [1.82, 2.24) is 5.32 Å². The van der Waals surface area contributed by atoms with Gasteiger partial charge in [0, 0.05) is 0 Å². The molecule has 0 aliphatic carbocycles. The van der Waals surface area contributed by atoms with Crippen molar-refractivity contribution in [2.75, 3.05) is 0 Å². The first-order valence-electron chi connectivity index (χ1n) is 3.10. The van der Waals surface area contributed by atoms with Gasteiger partial charge in [0.2, 0.25) is 0 Å². The molecule has 0 aromatic carbocycles. The van der Waals surface area contributed by atoms with E-state index in [1.807, 2.05) is 13.0 Å². The molecule has 1 aliphatic rings. The topological polar surface area (TPSA) is 12.0 Å². The van der Waals surface area contributed by atoms with Gasteiger partial charge in [0.05, 0.1) is 0 Å². The molecule has 0 aromatic heterocycles. The molecule has 1 atom stereocenters. The highest BCUT2D eigenvalue weighted by Gasteiger charge is 2.02. The molecule has 0 saturated heterocycles. The fraction of sp³-hybridized carbons (Fsp3) is 0.429. The Kier molecular flexibility index (Phi) is 1.88. The maximum Gasteiger partial charge on any atom is 0.189 e. The van der Waals surface area contributed by atoms with E-state index in [1.54, 1.807) is 12.3 Å². The third-order valence-corrected chi connectivity index (χ3v) is 1.32. The molecule has 0 spiro atoms. The van der Waals surface area contributed by atoms with E-state index in [1.165, 1.54) is 0 Å². The SMILES string of the molecule is CCC1=CC(F)NC=C1. The van der Waals surface area contributed by atoms with Gasteiger partial charge in [0.25, 0.3) is 0 Å². The average molecular weight is 127 g/mol. The van der Waals surface area contributed by atoms with Gasteiger partial charge in [-0.3, -0.25) is 0 Å². The van der Waals surface area contributed by atoms with Crippen LogP contribution in [0.4, 0.5) is 4.39 Å². The Bertz CT molecular complexity index is 149. The Labute approximate surface area is 54.3 Å². The molecule has 0 bridgehead atoms. The van der Waals surface area contributed by atoms with Gasteiger partial charge in [-0.1, -0.05) is 6.92 Å². The van der Waals surface area contributed by atoms with Crippen LogP contribution in [0.2, 0.25) is 0 Å². The number of rotatable bonds is 1. The van der Waals surface area contributed by atoms with Gasteiger partial charge in [0.1, 0.15) is 0 Å². The predicted octanol–water partition coefficient (Wildman–Crippen LogP) is 1.74. The van der Waals surface area contributed by atoms with Gasteiger partial charge >= 0.3 is 0 Å². The number of nitrogens with one attached hydrogen (secondary N) is 1. The Morgan fingerprint density at radius 3 is 3.00 bits per heavy atom. The normalized spacial score (nSPS) is 25.1. The van der Waals surface area contributed by atoms with E-state index in [2.05, 4.69) is 5.32 Å². The lowest BCUT2D eigenvalue weighted by molar-refractivity contribution is 0.362. The highest BCUT2D eigenvalue weighted by molar-refractivity contribution is 5.22. The maximum atomic E-state index is 12.4.